The van der Waals surface area contributed by atoms with Crippen molar-refractivity contribution >= 4 is 39.3 Å². The van der Waals surface area contributed by atoms with E-state index in [0.29, 0.717) is 23.6 Å². The van der Waals surface area contributed by atoms with E-state index in [4.69, 9.17) is 0 Å². The molecule has 5 nitrogen and oxygen atoms in total. The highest BCUT2D eigenvalue weighted by molar-refractivity contribution is 9.10. The standard InChI is InChI=1S/C20H17BrF2N4OS/c1-3-8-27-19(14-7-5-4-6-12(14)2)25-26-20(27)29-11-17(28)24-18-15(21)9-13(22)10-16(18)23/h3-7,9-10H,1,8,11H2,2H3,(H,24,28). The van der Waals surface area contributed by atoms with E-state index in [9.17, 15) is 13.6 Å². The number of rotatable bonds is 7. The van der Waals surface area contributed by atoms with Crippen molar-refractivity contribution in [3.05, 3.63) is 70.7 Å². The highest BCUT2D eigenvalue weighted by Crippen LogP contribution is 2.29. The summed E-state index contributed by atoms with van der Waals surface area (Å²) < 4.78 is 29.1. The van der Waals surface area contributed by atoms with Gasteiger partial charge in [0.2, 0.25) is 5.91 Å². The van der Waals surface area contributed by atoms with Crippen LogP contribution in [-0.4, -0.2) is 26.4 Å². The first-order valence-corrected chi connectivity index (χ1v) is 10.4. The van der Waals surface area contributed by atoms with Crippen LogP contribution in [-0.2, 0) is 11.3 Å². The van der Waals surface area contributed by atoms with Gasteiger partial charge in [-0.15, -0.1) is 16.8 Å². The van der Waals surface area contributed by atoms with E-state index in [2.05, 4.69) is 38.0 Å². The number of halogens is 3. The van der Waals surface area contributed by atoms with Crippen LogP contribution in [0.15, 0.2) is 58.7 Å². The highest BCUT2D eigenvalue weighted by Gasteiger charge is 2.17. The van der Waals surface area contributed by atoms with Crippen molar-refractivity contribution in [2.24, 2.45) is 0 Å². The zero-order valence-electron chi connectivity index (χ0n) is 15.5. The molecule has 0 radical (unpaired) electrons. The molecular formula is C20H17BrF2N4OS. The molecule has 3 rings (SSSR count). The Kier molecular flexibility index (Phi) is 6.81. The van der Waals surface area contributed by atoms with Crippen molar-refractivity contribution < 1.29 is 13.6 Å². The fourth-order valence-electron chi connectivity index (χ4n) is 2.68. The van der Waals surface area contributed by atoms with Crippen LogP contribution in [0.5, 0.6) is 0 Å². The minimum Gasteiger partial charge on any atom is -0.322 e. The summed E-state index contributed by atoms with van der Waals surface area (Å²) in [6.45, 7) is 6.22. The predicted molar refractivity (Wildman–Crippen MR) is 114 cm³/mol. The van der Waals surface area contributed by atoms with E-state index in [-0.39, 0.29) is 15.9 Å². The summed E-state index contributed by atoms with van der Waals surface area (Å²) in [5.41, 5.74) is 1.89. The third kappa shape index (κ3) is 4.91. The van der Waals surface area contributed by atoms with Gasteiger partial charge < -0.3 is 5.32 Å². The van der Waals surface area contributed by atoms with Crippen molar-refractivity contribution in [3.8, 4) is 11.4 Å². The van der Waals surface area contributed by atoms with E-state index < -0.39 is 17.5 Å². The van der Waals surface area contributed by atoms with Crippen LogP contribution in [0.3, 0.4) is 0 Å². The van der Waals surface area contributed by atoms with E-state index in [0.717, 1.165) is 17.2 Å². The van der Waals surface area contributed by atoms with Gasteiger partial charge in [-0.2, -0.15) is 0 Å². The van der Waals surface area contributed by atoms with Gasteiger partial charge >= 0.3 is 0 Å². The molecule has 150 valence electrons. The maximum absolute atomic E-state index is 13.9. The van der Waals surface area contributed by atoms with E-state index in [1.165, 1.54) is 11.8 Å². The Morgan fingerprint density at radius 2 is 2.07 bits per heavy atom. The minimum absolute atomic E-state index is 0.0215. The summed E-state index contributed by atoms with van der Waals surface area (Å²) in [5, 5.41) is 11.5. The molecule has 1 aromatic heterocycles. The number of nitrogens with zero attached hydrogens (tertiary/aromatic N) is 3. The molecule has 0 fully saturated rings. The molecule has 0 aliphatic rings. The van der Waals surface area contributed by atoms with Crippen molar-refractivity contribution in [1.82, 2.24) is 14.8 Å². The maximum atomic E-state index is 13.9. The molecule has 0 aliphatic carbocycles. The Morgan fingerprint density at radius 3 is 2.76 bits per heavy atom. The van der Waals surface area contributed by atoms with Crippen LogP contribution in [0.25, 0.3) is 11.4 Å². The SMILES string of the molecule is C=CCn1c(SCC(=O)Nc2c(F)cc(F)cc2Br)nnc1-c1ccccc1C. The number of hydrogen-bond acceptors (Lipinski definition) is 4. The van der Waals surface area contributed by atoms with Crippen LogP contribution in [0, 0.1) is 18.6 Å². The van der Waals surface area contributed by atoms with Crippen LogP contribution in [0.4, 0.5) is 14.5 Å². The Morgan fingerprint density at radius 1 is 1.31 bits per heavy atom. The zero-order valence-corrected chi connectivity index (χ0v) is 17.9. The van der Waals surface area contributed by atoms with Gasteiger partial charge in [-0.05, 0) is 34.5 Å². The average molecular weight is 479 g/mol. The number of carbonyl (C=O) groups is 1. The lowest BCUT2D eigenvalue weighted by molar-refractivity contribution is -0.113. The number of aromatic nitrogens is 3. The second kappa shape index (κ2) is 9.32. The lowest BCUT2D eigenvalue weighted by Gasteiger charge is -2.10. The number of amides is 1. The molecule has 0 saturated carbocycles. The summed E-state index contributed by atoms with van der Waals surface area (Å²) >= 11 is 4.22. The molecule has 1 heterocycles. The smallest absolute Gasteiger partial charge is 0.234 e. The monoisotopic (exact) mass is 478 g/mol. The molecule has 0 saturated heterocycles. The first-order valence-electron chi connectivity index (χ1n) is 8.58. The van der Waals surface area contributed by atoms with Crippen molar-refractivity contribution in [3.63, 3.8) is 0 Å². The van der Waals surface area contributed by atoms with Crippen molar-refractivity contribution in [2.75, 3.05) is 11.1 Å². The third-order valence-electron chi connectivity index (χ3n) is 4.02. The summed E-state index contributed by atoms with van der Waals surface area (Å²) in [7, 11) is 0. The van der Waals surface area contributed by atoms with Gasteiger partial charge in [0.25, 0.3) is 0 Å². The second-order valence-corrected chi connectivity index (χ2v) is 7.90. The maximum Gasteiger partial charge on any atom is 0.234 e. The topological polar surface area (TPSA) is 59.8 Å². The highest BCUT2D eigenvalue weighted by atomic mass is 79.9. The Labute approximate surface area is 179 Å². The zero-order chi connectivity index (χ0) is 21.0. The number of aryl methyl sites for hydroxylation is 1. The van der Waals surface area contributed by atoms with Gasteiger partial charge in [0.15, 0.2) is 16.8 Å². The van der Waals surface area contributed by atoms with Gasteiger partial charge in [-0.3, -0.25) is 9.36 Å². The Hall–Kier alpha value is -2.52. The molecule has 9 heteroatoms. The average Bonchev–Trinajstić information content (AvgIpc) is 3.06. The Bertz CT molecular complexity index is 1050. The van der Waals surface area contributed by atoms with Crippen LogP contribution in [0.1, 0.15) is 5.56 Å². The summed E-state index contributed by atoms with van der Waals surface area (Å²) in [4.78, 5) is 12.3. The van der Waals surface area contributed by atoms with Gasteiger partial charge in [0.1, 0.15) is 5.82 Å². The van der Waals surface area contributed by atoms with Crippen LogP contribution >= 0.6 is 27.7 Å². The van der Waals surface area contributed by atoms with E-state index >= 15 is 0 Å². The summed E-state index contributed by atoms with van der Waals surface area (Å²) in [5.74, 6) is -1.38. The largest absolute Gasteiger partial charge is 0.322 e. The van der Waals surface area contributed by atoms with Crippen molar-refractivity contribution in [2.45, 2.75) is 18.6 Å². The van der Waals surface area contributed by atoms with Crippen molar-refractivity contribution in [1.29, 1.82) is 0 Å². The molecule has 0 spiro atoms. The molecule has 0 aliphatic heterocycles. The Balaban J connectivity index is 1.76. The van der Waals surface area contributed by atoms with Gasteiger partial charge in [-0.25, -0.2) is 8.78 Å². The molecule has 0 bridgehead atoms. The molecule has 1 N–H and O–H groups in total. The second-order valence-electron chi connectivity index (χ2n) is 6.10. The number of carbonyl (C=O) groups excluding carboxylic acids is 1. The summed E-state index contributed by atoms with van der Waals surface area (Å²) in [6, 6.07) is 9.60. The fourth-order valence-corrected chi connectivity index (χ4v) is 3.93. The number of benzene rings is 2. The quantitative estimate of drug-likeness (QED) is 0.374. The molecule has 3 aromatic rings. The third-order valence-corrected chi connectivity index (χ3v) is 5.61. The predicted octanol–water partition coefficient (Wildman–Crippen LogP) is 5.21. The molecule has 1 amide bonds. The molecule has 2 aromatic carbocycles. The van der Waals surface area contributed by atoms with Gasteiger partial charge in [0.05, 0.1) is 11.4 Å². The van der Waals surface area contributed by atoms with Gasteiger partial charge in [0, 0.05) is 22.6 Å². The minimum atomic E-state index is -0.855. The number of nitrogens with one attached hydrogen (secondary N) is 1. The molecule has 0 atom stereocenters. The number of allylic oxidation sites excluding steroid dienone is 1. The molecule has 0 unspecified atom stereocenters. The normalized spacial score (nSPS) is 10.8. The van der Waals surface area contributed by atoms with E-state index in [1.807, 2.05) is 35.8 Å². The number of hydrogen-bond donors (Lipinski definition) is 1. The van der Waals surface area contributed by atoms with Crippen LogP contribution in [0.2, 0.25) is 0 Å². The van der Waals surface area contributed by atoms with Crippen LogP contribution < -0.4 is 5.32 Å². The van der Waals surface area contributed by atoms with E-state index in [1.54, 1.807) is 6.08 Å². The summed E-state index contributed by atoms with van der Waals surface area (Å²) in [6.07, 6.45) is 1.72. The lowest BCUT2D eigenvalue weighted by Crippen LogP contribution is -2.16. The molecule has 29 heavy (non-hydrogen) atoms. The number of anilines is 1. The first-order chi connectivity index (χ1) is 13.9. The molecular weight excluding hydrogens is 462 g/mol. The van der Waals surface area contributed by atoms with Gasteiger partial charge in [-0.1, -0.05) is 42.1 Å². The first kappa shape index (κ1) is 21.2. The lowest BCUT2D eigenvalue weighted by atomic mass is 10.1. The number of thioether (sulfide) groups is 1. The fraction of sp³-hybridized carbons (Fsp3) is 0.150.